The number of hydrogen-bond donors (Lipinski definition) is 1. The lowest BCUT2D eigenvalue weighted by molar-refractivity contribution is -0.113. The van der Waals surface area contributed by atoms with Crippen LogP contribution in [0.4, 0.5) is 5.00 Å². The summed E-state index contributed by atoms with van der Waals surface area (Å²) in [6, 6.07) is 0. The number of anilines is 1. The number of hydrogen-bond acceptors (Lipinski definition) is 7. The number of thioether (sulfide) groups is 1. The first-order chi connectivity index (χ1) is 14.3. The van der Waals surface area contributed by atoms with Gasteiger partial charge in [-0.25, -0.2) is 9.78 Å². The Morgan fingerprint density at radius 1 is 1.33 bits per heavy atom. The van der Waals surface area contributed by atoms with Crippen LogP contribution in [-0.4, -0.2) is 48.0 Å². The summed E-state index contributed by atoms with van der Waals surface area (Å²) in [6.07, 6.45) is 2.82. The first-order valence-electron chi connectivity index (χ1n) is 10.0. The number of aryl methyl sites for hydroxylation is 1. The van der Waals surface area contributed by atoms with Crippen LogP contribution in [0.25, 0.3) is 0 Å². The van der Waals surface area contributed by atoms with E-state index in [0.717, 1.165) is 41.4 Å². The molecule has 0 aliphatic heterocycles. The van der Waals surface area contributed by atoms with E-state index in [0.29, 0.717) is 29.6 Å². The van der Waals surface area contributed by atoms with Crippen molar-refractivity contribution < 1.29 is 19.1 Å². The molecular formula is C21H29N3O4S2. The summed E-state index contributed by atoms with van der Waals surface area (Å²) in [4.78, 5) is 30.9. The van der Waals surface area contributed by atoms with Crippen molar-refractivity contribution in [3.8, 4) is 0 Å². The molecule has 2 aromatic heterocycles. The summed E-state index contributed by atoms with van der Waals surface area (Å²) in [5.41, 5.74) is 3.58. The first-order valence-corrected chi connectivity index (χ1v) is 11.8. The van der Waals surface area contributed by atoms with Crippen LogP contribution in [0.1, 0.15) is 45.5 Å². The molecule has 2 heterocycles. The molecule has 0 saturated heterocycles. The number of amides is 1. The fourth-order valence-electron chi connectivity index (χ4n) is 3.63. The van der Waals surface area contributed by atoms with Gasteiger partial charge in [0.2, 0.25) is 5.91 Å². The zero-order valence-electron chi connectivity index (χ0n) is 18.2. The normalized spacial score (nSPS) is 15.7. The molecule has 2 aromatic rings. The van der Waals surface area contributed by atoms with Crippen molar-refractivity contribution >= 4 is 40.0 Å². The van der Waals surface area contributed by atoms with Gasteiger partial charge >= 0.3 is 5.97 Å². The zero-order chi connectivity index (χ0) is 21.8. The van der Waals surface area contributed by atoms with E-state index >= 15 is 0 Å². The Balaban J connectivity index is 1.73. The molecule has 7 nitrogen and oxygen atoms in total. The number of carbonyl (C=O) groups is 2. The third-order valence-corrected chi connectivity index (χ3v) is 7.57. The topological polar surface area (TPSA) is 82.5 Å². The monoisotopic (exact) mass is 451 g/mol. The molecule has 30 heavy (non-hydrogen) atoms. The minimum atomic E-state index is -0.383. The van der Waals surface area contributed by atoms with Crippen molar-refractivity contribution in [1.29, 1.82) is 0 Å². The number of methoxy groups -OCH3 is 2. The maximum Gasteiger partial charge on any atom is 0.341 e. The Kier molecular flexibility index (Phi) is 7.60. The smallest absolute Gasteiger partial charge is 0.341 e. The van der Waals surface area contributed by atoms with E-state index in [1.54, 1.807) is 7.11 Å². The van der Waals surface area contributed by atoms with Crippen LogP contribution in [-0.2, 0) is 33.7 Å². The quantitative estimate of drug-likeness (QED) is 0.485. The SMILES string of the molecule is COCCn1c(SCC(=O)Nc2sc3c(c2C(=O)OC)CCC(C)C3)nc(C)c1C. The van der Waals surface area contributed by atoms with Gasteiger partial charge in [0.15, 0.2) is 5.16 Å². The van der Waals surface area contributed by atoms with E-state index in [2.05, 4.69) is 21.8 Å². The van der Waals surface area contributed by atoms with Crippen LogP contribution in [0.5, 0.6) is 0 Å². The highest BCUT2D eigenvalue weighted by atomic mass is 32.2. The van der Waals surface area contributed by atoms with Crippen LogP contribution in [0.3, 0.4) is 0 Å². The van der Waals surface area contributed by atoms with Crippen LogP contribution in [0, 0.1) is 19.8 Å². The van der Waals surface area contributed by atoms with Crippen molar-refractivity contribution in [3.05, 3.63) is 27.4 Å². The lowest BCUT2D eigenvalue weighted by Crippen LogP contribution is -2.17. The number of fused-ring (bicyclic) bond motifs is 1. The molecule has 0 saturated carbocycles. The molecule has 1 unspecified atom stereocenters. The highest BCUT2D eigenvalue weighted by Gasteiger charge is 2.29. The van der Waals surface area contributed by atoms with Crippen LogP contribution in [0.15, 0.2) is 5.16 Å². The molecule has 1 aliphatic carbocycles. The molecular weight excluding hydrogens is 422 g/mol. The van der Waals surface area contributed by atoms with Crippen LogP contribution < -0.4 is 5.32 Å². The van der Waals surface area contributed by atoms with Crippen molar-refractivity contribution in [1.82, 2.24) is 9.55 Å². The van der Waals surface area contributed by atoms with Gasteiger partial charge in [0, 0.05) is 24.2 Å². The molecule has 9 heteroatoms. The van der Waals surface area contributed by atoms with Gasteiger partial charge in [-0.15, -0.1) is 11.3 Å². The van der Waals surface area contributed by atoms with Gasteiger partial charge in [0.25, 0.3) is 0 Å². The lowest BCUT2D eigenvalue weighted by atomic mass is 9.88. The Morgan fingerprint density at radius 2 is 2.10 bits per heavy atom. The van der Waals surface area contributed by atoms with Gasteiger partial charge in [-0.1, -0.05) is 18.7 Å². The molecule has 0 bridgehead atoms. The second kappa shape index (κ2) is 9.98. The summed E-state index contributed by atoms with van der Waals surface area (Å²) in [7, 11) is 3.05. The van der Waals surface area contributed by atoms with Crippen molar-refractivity contribution in [2.24, 2.45) is 5.92 Å². The summed E-state index contributed by atoms with van der Waals surface area (Å²) < 4.78 is 12.2. The minimum Gasteiger partial charge on any atom is -0.465 e. The summed E-state index contributed by atoms with van der Waals surface area (Å²) >= 11 is 2.89. The van der Waals surface area contributed by atoms with E-state index in [1.165, 1.54) is 35.1 Å². The highest BCUT2D eigenvalue weighted by molar-refractivity contribution is 7.99. The number of carbonyl (C=O) groups excluding carboxylic acids is 2. The fourth-order valence-corrected chi connectivity index (χ4v) is 5.96. The maximum atomic E-state index is 12.7. The number of esters is 1. The molecule has 1 aliphatic rings. The molecule has 0 spiro atoms. The maximum absolute atomic E-state index is 12.7. The van der Waals surface area contributed by atoms with Gasteiger partial charge in [-0.2, -0.15) is 0 Å². The lowest BCUT2D eigenvalue weighted by Gasteiger charge is -2.18. The van der Waals surface area contributed by atoms with Crippen molar-refractivity contribution in [3.63, 3.8) is 0 Å². The molecule has 164 valence electrons. The van der Waals surface area contributed by atoms with E-state index in [4.69, 9.17) is 9.47 Å². The average Bonchev–Trinajstić information content (AvgIpc) is 3.20. The minimum absolute atomic E-state index is 0.159. The van der Waals surface area contributed by atoms with Crippen molar-refractivity contribution in [2.45, 2.75) is 51.7 Å². The third kappa shape index (κ3) is 4.90. The van der Waals surface area contributed by atoms with Crippen molar-refractivity contribution in [2.75, 3.05) is 31.9 Å². The number of ether oxygens (including phenoxy) is 2. The Morgan fingerprint density at radius 3 is 2.80 bits per heavy atom. The predicted octanol–water partition coefficient (Wildman–Crippen LogP) is 3.85. The molecule has 1 amide bonds. The number of nitrogens with one attached hydrogen (secondary N) is 1. The van der Waals surface area contributed by atoms with Gasteiger partial charge < -0.3 is 19.4 Å². The van der Waals surface area contributed by atoms with Gasteiger partial charge in [0.05, 0.1) is 30.7 Å². The molecule has 3 rings (SSSR count). The number of thiophene rings is 1. The van der Waals surface area contributed by atoms with E-state index in [9.17, 15) is 9.59 Å². The zero-order valence-corrected chi connectivity index (χ0v) is 19.8. The summed E-state index contributed by atoms with van der Waals surface area (Å²) in [5, 5.41) is 4.34. The highest BCUT2D eigenvalue weighted by Crippen LogP contribution is 2.40. The average molecular weight is 452 g/mol. The van der Waals surface area contributed by atoms with E-state index in [-0.39, 0.29) is 17.6 Å². The van der Waals surface area contributed by atoms with Crippen LogP contribution in [0.2, 0.25) is 0 Å². The van der Waals surface area contributed by atoms with E-state index in [1.807, 2.05) is 13.8 Å². The molecule has 0 radical (unpaired) electrons. The summed E-state index contributed by atoms with van der Waals surface area (Å²) in [5.74, 6) is 0.251. The number of rotatable bonds is 8. The predicted molar refractivity (Wildman–Crippen MR) is 120 cm³/mol. The van der Waals surface area contributed by atoms with E-state index < -0.39 is 0 Å². The van der Waals surface area contributed by atoms with Gasteiger partial charge in [-0.3, -0.25) is 4.79 Å². The molecule has 1 N–H and O–H groups in total. The largest absolute Gasteiger partial charge is 0.465 e. The van der Waals surface area contributed by atoms with Crippen LogP contribution >= 0.6 is 23.1 Å². The third-order valence-electron chi connectivity index (χ3n) is 5.43. The second-order valence-electron chi connectivity index (χ2n) is 7.59. The Labute approximate surface area is 185 Å². The standard InChI is InChI=1S/C21H29N3O4S2/c1-12-6-7-15-16(10-12)30-19(18(15)20(26)28-5)23-17(25)11-29-21-22-13(2)14(3)24(21)8-9-27-4/h12H,6-11H2,1-5H3,(H,23,25). The summed E-state index contributed by atoms with van der Waals surface area (Å²) in [6.45, 7) is 7.46. The van der Waals surface area contributed by atoms with Gasteiger partial charge in [-0.05, 0) is 44.6 Å². The molecule has 0 fully saturated rings. The Bertz CT molecular complexity index is 935. The fraction of sp³-hybridized carbons (Fsp3) is 0.571. The molecule has 0 aromatic carbocycles. The Hall–Kier alpha value is -1.84. The first kappa shape index (κ1) is 22.8. The second-order valence-corrected chi connectivity index (χ2v) is 9.64. The number of imidazole rings is 1. The number of nitrogens with zero attached hydrogens (tertiary/aromatic N) is 2. The van der Waals surface area contributed by atoms with Gasteiger partial charge in [0.1, 0.15) is 5.00 Å². The number of aromatic nitrogens is 2. The molecule has 1 atom stereocenters.